The molecule has 0 aliphatic heterocycles. The number of nitrogens with zero attached hydrogens (tertiary/aromatic N) is 1. The number of nitrogens with one attached hydrogen (secondary N) is 2. The number of imide groups is 1. The van der Waals surface area contributed by atoms with E-state index in [9.17, 15) is 9.59 Å². The number of benzene rings is 2. The number of rotatable bonds is 4. The smallest absolute Gasteiger partial charge is 0.306 e. The van der Waals surface area contributed by atoms with Gasteiger partial charge in [-0.25, -0.2) is 9.78 Å². The van der Waals surface area contributed by atoms with E-state index in [-0.39, 0.29) is 10.6 Å². The molecule has 5 nitrogen and oxygen atoms in total. The van der Waals surface area contributed by atoms with E-state index in [0.717, 1.165) is 9.92 Å². The number of aromatic nitrogens is 1. The number of pyridine rings is 1. The lowest BCUT2D eigenvalue weighted by Crippen LogP contribution is -2.34. The molecule has 0 saturated carbocycles. The van der Waals surface area contributed by atoms with Crippen molar-refractivity contribution in [3.8, 4) is 0 Å². The highest BCUT2D eigenvalue weighted by molar-refractivity contribution is 7.99. The van der Waals surface area contributed by atoms with Crippen LogP contribution in [0.25, 0.3) is 0 Å². The molecular weight excluding hydrogens is 417 g/mol. The van der Waals surface area contributed by atoms with Gasteiger partial charge in [-0.15, -0.1) is 0 Å². The van der Waals surface area contributed by atoms with Crippen molar-refractivity contribution in [2.45, 2.75) is 16.8 Å². The second kappa shape index (κ2) is 9.10. The lowest BCUT2D eigenvalue weighted by Gasteiger charge is -2.10. The number of hydrogen-bond donors (Lipinski definition) is 2. The molecule has 0 radical (unpaired) electrons. The van der Waals surface area contributed by atoms with Crippen molar-refractivity contribution in [2.24, 2.45) is 0 Å². The summed E-state index contributed by atoms with van der Waals surface area (Å²) in [6, 6.07) is 15.3. The predicted molar refractivity (Wildman–Crippen MR) is 112 cm³/mol. The van der Waals surface area contributed by atoms with Crippen LogP contribution >= 0.6 is 35.0 Å². The Balaban J connectivity index is 1.61. The fraction of sp³-hybridized carbons (Fsp3) is 0.0500. The summed E-state index contributed by atoms with van der Waals surface area (Å²) in [5.74, 6) is -0.570. The fourth-order valence-corrected chi connectivity index (χ4v) is 3.74. The Kier molecular flexibility index (Phi) is 6.57. The van der Waals surface area contributed by atoms with E-state index in [1.165, 1.54) is 18.0 Å². The number of hydrogen-bond acceptors (Lipinski definition) is 4. The number of amides is 3. The zero-order valence-corrected chi connectivity index (χ0v) is 17.0. The van der Waals surface area contributed by atoms with Crippen LogP contribution < -0.4 is 10.6 Å². The molecule has 1 aromatic heterocycles. The third-order valence-corrected chi connectivity index (χ3v) is 5.50. The Morgan fingerprint density at radius 2 is 1.71 bits per heavy atom. The molecule has 2 aromatic carbocycles. The number of aryl methyl sites for hydroxylation is 1. The minimum absolute atomic E-state index is 0.268. The van der Waals surface area contributed by atoms with Crippen LogP contribution in [0.1, 0.15) is 15.9 Å². The van der Waals surface area contributed by atoms with Crippen molar-refractivity contribution in [1.82, 2.24) is 10.3 Å². The second-order valence-corrected chi connectivity index (χ2v) is 7.63. The highest BCUT2D eigenvalue weighted by atomic mass is 35.5. The van der Waals surface area contributed by atoms with Gasteiger partial charge >= 0.3 is 6.03 Å². The van der Waals surface area contributed by atoms with E-state index >= 15 is 0 Å². The molecule has 142 valence electrons. The summed E-state index contributed by atoms with van der Waals surface area (Å²) < 4.78 is 0. The van der Waals surface area contributed by atoms with Gasteiger partial charge in [-0.3, -0.25) is 10.1 Å². The maximum Gasteiger partial charge on any atom is 0.326 e. The molecule has 3 rings (SSSR count). The Labute approximate surface area is 176 Å². The van der Waals surface area contributed by atoms with Crippen molar-refractivity contribution >= 4 is 52.6 Å². The minimum Gasteiger partial charge on any atom is -0.306 e. The van der Waals surface area contributed by atoms with E-state index in [1.807, 2.05) is 24.3 Å². The van der Waals surface area contributed by atoms with Gasteiger partial charge in [0.1, 0.15) is 5.03 Å². The molecule has 2 N–H and O–H groups in total. The van der Waals surface area contributed by atoms with Gasteiger partial charge in [0.25, 0.3) is 5.91 Å². The largest absolute Gasteiger partial charge is 0.326 e. The molecule has 0 spiro atoms. The summed E-state index contributed by atoms with van der Waals surface area (Å²) in [5.41, 5.74) is 1.40. The van der Waals surface area contributed by atoms with Gasteiger partial charge in [0.05, 0.1) is 27.5 Å². The quantitative estimate of drug-likeness (QED) is 0.546. The average molecular weight is 432 g/mol. The van der Waals surface area contributed by atoms with Crippen molar-refractivity contribution < 1.29 is 9.59 Å². The minimum atomic E-state index is -0.669. The third kappa shape index (κ3) is 5.04. The van der Waals surface area contributed by atoms with Crippen LogP contribution in [-0.2, 0) is 0 Å². The summed E-state index contributed by atoms with van der Waals surface area (Å²) in [6.07, 6.45) is 1.50. The first-order valence-corrected chi connectivity index (χ1v) is 9.77. The molecule has 0 aliphatic carbocycles. The molecule has 1 heterocycles. The number of carbonyl (C=O) groups excluding carboxylic acids is 2. The molecule has 0 aliphatic rings. The van der Waals surface area contributed by atoms with Gasteiger partial charge in [0, 0.05) is 4.90 Å². The van der Waals surface area contributed by atoms with Gasteiger partial charge in [-0.2, -0.15) is 0 Å². The number of urea groups is 1. The normalized spacial score (nSPS) is 10.4. The summed E-state index contributed by atoms with van der Waals surface area (Å²) in [4.78, 5) is 29.6. The van der Waals surface area contributed by atoms with Crippen LogP contribution in [0.2, 0.25) is 10.0 Å². The molecule has 3 amide bonds. The number of anilines is 1. The predicted octanol–water partition coefficient (Wildman–Crippen LogP) is 5.81. The van der Waals surface area contributed by atoms with Crippen LogP contribution in [0.3, 0.4) is 0 Å². The standard InChI is InChI=1S/C20H15Cl2N3O2S/c1-12-5-4-7-15(22)18(12)19(26)25-20(27)24-13-9-10-17(23-11-13)28-16-8-3-2-6-14(16)21/h2-11H,1H3,(H2,24,25,26,27). The Hall–Kier alpha value is -2.54. The Bertz CT molecular complexity index is 1010. The Morgan fingerprint density at radius 1 is 0.964 bits per heavy atom. The van der Waals surface area contributed by atoms with Crippen LogP contribution in [0.15, 0.2) is 70.7 Å². The average Bonchev–Trinajstić information content (AvgIpc) is 2.65. The monoisotopic (exact) mass is 431 g/mol. The van der Waals surface area contributed by atoms with Gasteiger partial charge in [0.15, 0.2) is 0 Å². The summed E-state index contributed by atoms with van der Waals surface area (Å²) in [5, 5.41) is 6.49. The molecule has 0 unspecified atom stereocenters. The van der Waals surface area contributed by atoms with Gasteiger partial charge in [-0.05, 0) is 42.8 Å². The van der Waals surface area contributed by atoms with Crippen molar-refractivity contribution in [2.75, 3.05) is 5.32 Å². The Morgan fingerprint density at radius 3 is 2.39 bits per heavy atom. The fourth-order valence-electron chi connectivity index (χ4n) is 2.40. The van der Waals surface area contributed by atoms with E-state index in [4.69, 9.17) is 23.2 Å². The van der Waals surface area contributed by atoms with Crippen LogP contribution in [0.4, 0.5) is 10.5 Å². The topological polar surface area (TPSA) is 71.1 Å². The molecular formula is C20H15Cl2N3O2S. The highest BCUT2D eigenvalue weighted by Gasteiger charge is 2.16. The summed E-state index contributed by atoms with van der Waals surface area (Å²) in [7, 11) is 0. The van der Waals surface area contributed by atoms with E-state index in [1.54, 1.807) is 37.3 Å². The molecule has 0 atom stereocenters. The molecule has 28 heavy (non-hydrogen) atoms. The van der Waals surface area contributed by atoms with Gasteiger partial charge < -0.3 is 5.32 Å². The zero-order chi connectivity index (χ0) is 20.1. The van der Waals surface area contributed by atoms with E-state index < -0.39 is 11.9 Å². The van der Waals surface area contributed by atoms with Crippen LogP contribution in [-0.4, -0.2) is 16.9 Å². The lowest BCUT2D eigenvalue weighted by molar-refractivity contribution is 0.0966. The van der Waals surface area contributed by atoms with Crippen LogP contribution in [0.5, 0.6) is 0 Å². The molecule has 3 aromatic rings. The molecule has 0 bridgehead atoms. The number of halogens is 2. The first-order valence-electron chi connectivity index (χ1n) is 8.20. The van der Waals surface area contributed by atoms with Gasteiger partial charge in [-0.1, -0.05) is 59.2 Å². The van der Waals surface area contributed by atoms with Crippen molar-refractivity contribution in [3.63, 3.8) is 0 Å². The summed E-state index contributed by atoms with van der Waals surface area (Å²) >= 11 is 13.6. The van der Waals surface area contributed by atoms with E-state index in [2.05, 4.69) is 15.6 Å². The molecule has 0 fully saturated rings. The SMILES string of the molecule is Cc1cccc(Cl)c1C(=O)NC(=O)Nc1ccc(Sc2ccccc2Cl)nc1. The van der Waals surface area contributed by atoms with Crippen molar-refractivity contribution in [3.05, 3.63) is 82.0 Å². The second-order valence-electron chi connectivity index (χ2n) is 5.76. The van der Waals surface area contributed by atoms with Crippen LogP contribution in [0, 0.1) is 6.92 Å². The van der Waals surface area contributed by atoms with Crippen molar-refractivity contribution in [1.29, 1.82) is 0 Å². The summed E-state index contributed by atoms with van der Waals surface area (Å²) in [6.45, 7) is 1.75. The molecule has 0 saturated heterocycles. The first-order chi connectivity index (χ1) is 13.4. The first kappa shape index (κ1) is 20.2. The van der Waals surface area contributed by atoms with Gasteiger partial charge in [0.2, 0.25) is 0 Å². The third-order valence-electron chi connectivity index (χ3n) is 3.72. The zero-order valence-electron chi connectivity index (χ0n) is 14.7. The highest BCUT2D eigenvalue weighted by Crippen LogP contribution is 2.32. The van der Waals surface area contributed by atoms with E-state index in [0.29, 0.717) is 16.3 Å². The maximum atomic E-state index is 12.3. The maximum absolute atomic E-state index is 12.3. The molecule has 8 heteroatoms. The number of carbonyl (C=O) groups is 2. The lowest BCUT2D eigenvalue weighted by atomic mass is 10.1.